The first kappa shape index (κ1) is 19.2. The number of urea groups is 1. The molecule has 2 N–H and O–H groups in total. The molecule has 2 aromatic rings. The van der Waals surface area contributed by atoms with Gasteiger partial charge in [-0.05, 0) is 48.1 Å². The van der Waals surface area contributed by atoms with E-state index in [-0.39, 0.29) is 17.5 Å². The highest BCUT2D eigenvalue weighted by Gasteiger charge is 2.15. The van der Waals surface area contributed by atoms with Crippen LogP contribution in [0.15, 0.2) is 48.5 Å². The Morgan fingerprint density at radius 2 is 1.93 bits per heavy atom. The van der Waals surface area contributed by atoms with Crippen molar-refractivity contribution in [1.82, 2.24) is 10.2 Å². The second-order valence-electron chi connectivity index (χ2n) is 6.28. The molecule has 1 heterocycles. The quantitative estimate of drug-likeness (QED) is 0.840. The Bertz CT molecular complexity index is 807. The second kappa shape index (κ2) is 9.41. The molecule has 0 spiro atoms. The monoisotopic (exact) mass is 387 g/mol. The molecule has 1 aliphatic rings. The van der Waals surface area contributed by atoms with E-state index in [2.05, 4.69) is 10.6 Å². The molecule has 0 radical (unpaired) electrons. The summed E-state index contributed by atoms with van der Waals surface area (Å²) < 4.78 is 13.3. The van der Waals surface area contributed by atoms with Crippen LogP contribution in [-0.4, -0.2) is 41.4 Å². The fraction of sp³-hybridized carbons (Fsp3) is 0.300. The standard InChI is InChI=1S/C20H22FN3O2S/c21-17-6-2-5-16(13-17)19(25)23-18-7-1-4-15(12-18)14-22-20(26)24-8-3-10-27-11-9-24/h1-2,4-7,12-13H,3,8-11,14H2,(H,22,26)(H,23,25). The largest absolute Gasteiger partial charge is 0.334 e. The van der Waals surface area contributed by atoms with Crippen LogP contribution in [-0.2, 0) is 6.54 Å². The Hall–Kier alpha value is -2.54. The first-order valence-electron chi connectivity index (χ1n) is 8.88. The SMILES string of the molecule is O=C(Nc1cccc(CNC(=O)N2CCCSCC2)c1)c1cccc(F)c1. The molecule has 7 heteroatoms. The lowest BCUT2D eigenvalue weighted by molar-refractivity contribution is 0.102. The predicted octanol–water partition coefficient (Wildman–Crippen LogP) is 3.73. The number of hydrogen-bond acceptors (Lipinski definition) is 3. The van der Waals surface area contributed by atoms with E-state index in [1.54, 1.807) is 18.2 Å². The Labute approximate surface area is 162 Å². The lowest BCUT2D eigenvalue weighted by Crippen LogP contribution is -2.40. The summed E-state index contributed by atoms with van der Waals surface area (Å²) in [6.45, 7) is 1.93. The van der Waals surface area contributed by atoms with Gasteiger partial charge in [0, 0.05) is 36.6 Å². The van der Waals surface area contributed by atoms with Crippen LogP contribution in [0.1, 0.15) is 22.3 Å². The number of anilines is 1. The maximum atomic E-state index is 13.3. The maximum Gasteiger partial charge on any atom is 0.317 e. The molecule has 142 valence electrons. The van der Waals surface area contributed by atoms with Crippen molar-refractivity contribution >= 4 is 29.4 Å². The number of nitrogens with zero attached hydrogens (tertiary/aromatic N) is 1. The van der Waals surface area contributed by atoms with Crippen molar-refractivity contribution in [3.63, 3.8) is 0 Å². The fourth-order valence-corrected chi connectivity index (χ4v) is 3.72. The van der Waals surface area contributed by atoms with Gasteiger partial charge in [0.25, 0.3) is 5.91 Å². The Kier molecular flexibility index (Phi) is 6.70. The zero-order valence-corrected chi connectivity index (χ0v) is 15.7. The fourth-order valence-electron chi connectivity index (χ4n) is 2.83. The number of carbonyl (C=O) groups is 2. The lowest BCUT2D eigenvalue weighted by Gasteiger charge is -2.20. The summed E-state index contributed by atoms with van der Waals surface area (Å²) in [6, 6.07) is 12.7. The highest BCUT2D eigenvalue weighted by Crippen LogP contribution is 2.14. The van der Waals surface area contributed by atoms with Gasteiger partial charge in [-0.25, -0.2) is 9.18 Å². The average molecular weight is 387 g/mol. The molecule has 1 saturated heterocycles. The van der Waals surface area contributed by atoms with Crippen LogP contribution in [0.3, 0.4) is 0 Å². The van der Waals surface area contributed by atoms with Gasteiger partial charge in [0.2, 0.25) is 0 Å². The average Bonchev–Trinajstić information content (AvgIpc) is 2.96. The first-order chi connectivity index (χ1) is 13.1. The van der Waals surface area contributed by atoms with Crippen molar-refractivity contribution in [1.29, 1.82) is 0 Å². The number of nitrogens with one attached hydrogen (secondary N) is 2. The van der Waals surface area contributed by atoms with Crippen LogP contribution in [0.5, 0.6) is 0 Å². The third kappa shape index (κ3) is 5.72. The van der Waals surface area contributed by atoms with Gasteiger partial charge in [-0.15, -0.1) is 0 Å². The summed E-state index contributed by atoms with van der Waals surface area (Å²) >= 11 is 1.87. The molecule has 1 fully saturated rings. The molecule has 3 rings (SSSR count). The minimum Gasteiger partial charge on any atom is -0.334 e. The van der Waals surface area contributed by atoms with Gasteiger partial charge in [-0.2, -0.15) is 11.8 Å². The number of hydrogen-bond donors (Lipinski definition) is 2. The Balaban J connectivity index is 1.57. The summed E-state index contributed by atoms with van der Waals surface area (Å²) in [7, 11) is 0. The Morgan fingerprint density at radius 3 is 2.78 bits per heavy atom. The summed E-state index contributed by atoms with van der Waals surface area (Å²) in [5, 5.41) is 5.69. The summed E-state index contributed by atoms with van der Waals surface area (Å²) in [5.41, 5.74) is 1.74. The zero-order valence-electron chi connectivity index (χ0n) is 14.9. The van der Waals surface area contributed by atoms with E-state index in [0.717, 1.165) is 36.6 Å². The Morgan fingerprint density at radius 1 is 1.07 bits per heavy atom. The van der Waals surface area contributed by atoms with Gasteiger partial charge < -0.3 is 15.5 Å². The van der Waals surface area contributed by atoms with E-state index in [9.17, 15) is 14.0 Å². The molecule has 0 aromatic heterocycles. The summed E-state index contributed by atoms with van der Waals surface area (Å²) in [6.07, 6.45) is 1.01. The highest BCUT2D eigenvalue weighted by atomic mass is 32.2. The van der Waals surface area contributed by atoms with Crippen molar-refractivity contribution in [3.8, 4) is 0 Å². The predicted molar refractivity (Wildman–Crippen MR) is 107 cm³/mol. The number of thioether (sulfide) groups is 1. The molecule has 27 heavy (non-hydrogen) atoms. The van der Waals surface area contributed by atoms with Crippen LogP contribution in [0.4, 0.5) is 14.9 Å². The molecule has 0 unspecified atom stereocenters. The first-order valence-corrected chi connectivity index (χ1v) is 10.0. The van der Waals surface area contributed by atoms with Crippen LogP contribution >= 0.6 is 11.8 Å². The third-order valence-corrected chi connectivity index (χ3v) is 5.27. The van der Waals surface area contributed by atoms with E-state index < -0.39 is 5.82 Å². The van der Waals surface area contributed by atoms with Crippen LogP contribution in [0.25, 0.3) is 0 Å². The van der Waals surface area contributed by atoms with Crippen molar-refractivity contribution in [2.75, 3.05) is 29.9 Å². The maximum absolute atomic E-state index is 13.3. The van der Waals surface area contributed by atoms with E-state index >= 15 is 0 Å². The molecule has 1 aliphatic heterocycles. The van der Waals surface area contributed by atoms with Crippen molar-refractivity contribution in [2.24, 2.45) is 0 Å². The number of carbonyl (C=O) groups excluding carboxylic acids is 2. The second-order valence-corrected chi connectivity index (χ2v) is 7.50. The van der Waals surface area contributed by atoms with Gasteiger partial charge >= 0.3 is 6.03 Å². The number of benzene rings is 2. The number of rotatable bonds is 4. The summed E-state index contributed by atoms with van der Waals surface area (Å²) in [5.74, 6) is 1.23. The smallest absolute Gasteiger partial charge is 0.317 e. The van der Waals surface area contributed by atoms with E-state index in [1.807, 2.05) is 28.8 Å². The number of halogens is 1. The molecule has 0 atom stereocenters. The van der Waals surface area contributed by atoms with Crippen LogP contribution < -0.4 is 10.6 Å². The molecular weight excluding hydrogens is 365 g/mol. The number of amides is 3. The minimum absolute atomic E-state index is 0.0632. The van der Waals surface area contributed by atoms with Crippen LogP contribution in [0.2, 0.25) is 0 Å². The molecule has 0 saturated carbocycles. The van der Waals surface area contributed by atoms with E-state index in [1.165, 1.54) is 18.2 Å². The highest BCUT2D eigenvalue weighted by molar-refractivity contribution is 7.99. The molecule has 3 amide bonds. The van der Waals surface area contributed by atoms with Gasteiger partial charge in [-0.1, -0.05) is 18.2 Å². The van der Waals surface area contributed by atoms with Gasteiger partial charge in [-0.3, -0.25) is 4.79 Å². The molecule has 5 nitrogen and oxygen atoms in total. The van der Waals surface area contributed by atoms with Crippen molar-refractivity contribution in [2.45, 2.75) is 13.0 Å². The van der Waals surface area contributed by atoms with Crippen molar-refractivity contribution < 1.29 is 14.0 Å². The third-order valence-electron chi connectivity index (χ3n) is 4.22. The van der Waals surface area contributed by atoms with E-state index in [4.69, 9.17) is 0 Å². The summed E-state index contributed by atoms with van der Waals surface area (Å²) in [4.78, 5) is 26.4. The topological polar surface area (TPSA) is 61.4 Å². The van der Waals surface area contributed by atoms with Gasteiger partial charge in [0.1, 0.15) is 5.82 Å². The van der Waals surface area contributed by atoms with Gasteiger partial charge in [0.05, 0.1) is 0 Å². The molecule has 0 bridgehead atoms. The van der Waals surface area contributed by atoms with Crippen LogP contribution in [0, 0.1) is 5.82 Å². The molecular formula is C20H22FN3O2S. The van der Waals surface area contributed by atoms with E-state index in [0.29, 0.717) is 12.2 Å². The lowest BCUT2D eigenvalue weighted by atomic mass is 10.1. The minimum atomic E-state index is -0.453. The van der Waals surface area contributed by atoms with Crippen molar-refractivity contribution in [3.05, 3.63) is 65.5 Å². The normalized spacial score (nSPS) is 14.3. The molecule has 2 aromatic carbocycles. The zero-order chi connectivity index (χ0) is 19.1. The van der Waals surface area contributed by atoms with Gasteiger partial charge in [0.15, 0.2) is 0 Å². The molecule has 0 aliphatic carbocycles.